The molecule has 0 unspecified atom stereocenters. The van der Waals surface area contributed by atoms with Crippen molar-refractivity contribution < 1.29 is 9.47 Å². The van der Waals surface area contributed by atoms with Gasteiger partial charge in [-0.25, -0.2) is 0 Å². The molecule has 3 nitrogen and oxygen atoms in total. The van der Waals surface area contributed by atoms with E-state index in [0.29, 0.717) is 13.2 Å². The van der Waals surface area contributed by atoms with Crippen molar-refractivity contribution in [2.24, 2.45) is 0 Å². The molecule has 1 aromatic rings. The van der Waals surface area contributed by atoms with Gasteiger partial charge in [-0.05, 0) is 62.2 Å². The Morgan fingerprint density at radius 1 is 1.05 bits per heavy atom. The summed E-state index contributed by atoms with van der Waals surface area (Å²) in [4.78, 5) is 0. The molecule has 0 aliphatic carbocycles. The van der Waals surface area contributed by atoms with Crippen LogP contribution in [0.25, 0.3) is 0 Å². The van der Waals surface area contributed by atoms with Gasteiger partial charge in [0.2, 0.25) is 0 Å². The summed E-state index contributed by atoms with van der Waals surface area (Å²) in [5.74, 6) is -0.552. The Morgan fingerprint density at radius 3 is 1.95 bits per heavy atom. The summed E-state index contributed by atoms with van der Waals surface area (Å²) in [6.45, 7) is 15.4. The number of rotatable bonds is 2. The molecule has 1 saturated heterocycles. The zero-order chi connectivity index (χ0) is 16.2. The predicted molar refractivity (Wildman–Crippen MR) is 96.6 cm³/mol. The molecule has 3 rings (SSSR count). The lowest BCUT2D eigenvalue weighted by molar-refractivity contribution is -0.110. The van der Waals surface area contributed by atoms with Crippen LogP contribution in [0.15, 0.2) is 36.0 Å². The lowest BCUT2D eigenvalue weighted by Crippen LogP contribution is -2.57. The van der Waals surface area contributed by atoms with E-state index in [-0.39, 0.29) is 0 Å². The molecule has 0 amide bonds. The molecule has 1 aromatic carbocycles. The highest BCUT2D eigenvalue weighted by Gasteiger charge is 2.50. The van der Waals surface area contributed by atoms with E-state index in [9.17, 15) is 0 Å². The SMILES string of the molecule is C/C(=C/N1[Si](C)(C)c2ccccc2[Si]1(C)C)C1(C)OCCO1. The molecule has 0 N–H and O–H groups in total. The number of hydrogen-bond donors (Lipinski definition) is 0. The Kier molecular flexibility index (Phi) is 3.68. The first-order valence-electron chi connectivity index (χ1n) is 8.06. The average molecular weight is 334 g/mol. The molecule has 0 radical (unpaired) electrons. The maximum Gasteiger partial charge on any atom is 0.189 e. The molecule has 2 aliphatic heterocycles. The van der Waals surface area contributed by atoms with Crippen LogP contribution in [0.4, 0.5) is 0 Å². The van der Waals surface area contributed by atoms with Crippen LogP contribution < -0.4 is 10.4 Å². The Hall–Kier alpha value is -0.886. The van der Waals surface area contributed by atoms with Crippen molar-refractivity contribution >= 4 is 26.8 Å². The van der Waals surface area contributed by atoms with Crippen molar-refractivity contribution in [2.75, 3.05) is 13.2 Å². The first kappa shape index (κ1) is 16.0. The summed E-state index contributed by atoms with van der Waals surface area (Å²) in [5, 5.41) is 3.18. The van der Waals surface area contributed by atoms with E-state index >= 15 is 0 Å². The van der Waals surface area contributed by atoms with Gasteiger partial charge in [-0.1, -0.05) is 24.3 Å². The molecule has 120 valence electrons. The van der Waals surface area contributed by atoms with Crippen LogP contribution in [0.5, 0.6) is 0 Å². The van der Waals surface area contributed by atoms with E-state index in [0.717, 1.165) is 0 Å². The summed E-state index contributed by atoms with van der Waals surface area (Å²) in [6, 6.07) is 9.04. The minimum Gasteiger partial charge on any atom is -0.423 e. The molecule has 2 aliphatic rings. The van der Waals surface area contributed by atoms with Gasteiger partial charge in [-0.3, -0.25) is 0 Å². The van der Waals surface area contributed by atoms with Crippen LogP contribution in [-0.4, -0.2) is 39.7 Å². The Bertz CT molecular complexity index is 584. The number of benzene rings is 1. The van der Waals surface area contributed by atoms with Crippen molar-refractivity contribution in [1.29, 1.82) is 0 Å². The van der Waals surface area contributed by atoms with Crippen molar-refractivity contribution in [3.63, 3.8) is 0 Å². The van der Waals surface area contributed by atoms with E-state index in [1.165, 1.54) is 5.57 Å². The van der Waals surface area contributed by atoms with Gasteiger partial charge >= 0.3 is 0 Å². The quantitative estimate of drug-likeness (QED) is 0.776. The summed E-state index contributed by atoms with van der Waals surface area (Å²) in [6.07, 6.45) is 2.35. The second-order valence-electron chi connectivity index (χ2n) is 7.49. The fourth-order valence-corrected chi connectivity index (χ4v) is 16.1. The number of ether oxygens (including phenoxy) is 2. The average Bonchev–Trinajstić information content (AvgIpc) is 2.97. The molecule has 0 spiro atoms. The number of hydrogen-bond acceptors (Lipinski definition) is 3. The third-order valence-electron chi connectivity index (χ3n) is 5.33. The summed E-state index contributed by atoms with van der Waals surface area (Å²) >= 11 is 0. The Balaban J connectivity index is 2.05. The highest BCUT2D eigenvalue weighted by atomic mass is 28.4. The van der Waals surface area contributed by atoms with Crippen LogP contribution in [0.2, 0.25) is 26.2 Å². The molecule has 2 heterocycles. The van der Waals surface area contributed by atoms with Gasteiger partial charge in [-0.2, -0.15) is 0 Å². The fourth-order valence-electron chi connectivity index (χ4n) is 3.88. The van der Waals surface area contributed by atoms with Crippen LogP contribution in [0.3, 0.4) is 0 Å². The highest BCUT2D eigenvalue weighted by Crippen LogP contribution is 2.32. The van der Waals surface area contributed by atoms with Gasteiger partial charge in [0.25, 0.3) is 0 Å². The third kappa shape index (κ3) is 2.22. The minimum atomic E-state index is -1.66. The molecule has 22 heavy (non-hydrogen) atoms. The van der Waals surface area contributed by atoms with E-state index < -0.39 is 22.3 Å². The van der Waals surface area contributed by atoms with E-state index in [1.54, 1.807) is 10.4 Å². The lowest BCUT2D eigenvalue weighted by Gasteiger charge is -2.40. The van der Waals surface area contributed by atoms with Crippen LogP contribution in [-0.2, 0) is 9.47 Å². The zero-order valence-electron chi connectivity index (χ0n) is 14.6. The molecule has 0 saturated carbocycles. The van der Waals surface area contributed by atoms with E-state index in [1.807, 2.05) is 6.92 Å². The smallest absolute Gasteiger partial charge is 0.189 e. The molecular weight excluding hydrogens is 306 g/mol. The number of nitrogens with zero attached hydrogens (tertiary/aromatic N) is 1. The molecule has 1 fully saturated rings. The molecule has 5 heteroatoms. The lowest BCUT2D eigenvalue weighted by atomic mass is 10.1. The van der Waals surface area contributed by atoms with Crippen LogP contribution in [0, 0.1) is 0 Å². The highest BCUT2D eigenvalue weighted by molar-refractivity contribution is 7.10. The molecule has 0 aromatic heterocycles. The normalized spacial score (nSPS) is 25.4. The topological polar surface area (TPSA) is 21.7 Å². The molecule has 0 atom stereocenters. The largest absolute Gasteiger partial charge is 0.423 e. The maximum atomic E-state index is 5.84. The van der Waals surface area contributed by atoms with Gasteiger partial charge in [0.1, 0.15) is 0 Å². The van der Waals surface area contributed by atoms with Gasteiger partial charge in [0, 0.05) is 0 Å². The Labute approximate surface area is 136 Å². The van der Waals surface area contributed by atoms with Gasteiger partial charge in [0.15, 0.2) is 22.3 Å². The fraction of sp³-hybridized carbons (Fsp3) is 0.529. The first-order chi connectivity index (χ1) is 10.2. The van der Waals surface area contributed by atoms with Crippen molar-refractivity contribution in [1.82, 2.24) is 4.23 Å². The molecule has 0 bridgehead atoms. The second-order valence-corrected chi connectivity index (χ2v) is 16.2. The van der Waals surface area contributed by atoms with Gasteiger partial charge in [0.05, 0.1) is 13.2 Å². The van der Waals surface area contributed by atoms with Crippen molar-refractivity contribution in [3.8, 4) is 0 Å². The van der Waals surface area contributed by atoms with Crippen LogP contribution >= 0.6 is 0 Å². The first-order valence-corrected chi connectivity index (χ1v) is 14.0. The zero-order valence-corrected chi connectivity index (χ0v) is 16.6. The van der Waals surface area contributed by atoms with Gasteiger partial charge < -0.3 is 13.7 Å². The maximum absolute atomic E-state index is 5.84. The standard InChI is InChI=1S/C17H27NO2Si2/c1-14(17(2)19-11-12-20-17)13-18-21(3,4)15-9-7-8-10-16(15)22(18,5)6/h7-10,13H,11-12H2,1-6H3/b14-13-. The summed E-state index contributed by atoms with van der Waals surface area (Å²) in [7, 11) is -3.33. The van der Waals surface area contributed by atoms with Crippen LogP contribution in [0.1, 0.15) is 13.8 Å². The minimum absolute atomic E-state index is 0.552. The van der Waals surface area contributed by atoms with E-state index in [4.69, 9.17) is 9.47 Å². The van der Waals surface area contributed by atoms with E-state index in [2.05, 4.69) is 67.8 Å². The monoisotopic (exact) mass is 333 g/mol. The Morgan fingerprint density at radius 2 is 1.50 bits per heavy atom. The molecular formula is C17H27NO2Si2. The van der Waals surface area contributed by atoms with Crippen molar-refractivity contribution in [3.05, 3.63) is 36.0 Å². The summed E-state index contributed by atoms with van der Waals surface area (Å²) in [5.41, 5.74) is 1.18. The number of fused-ring (bicyclic) bond motifs is 1. The second kappa shape index (κ2) is 5.06. The third-order valence-corrected chi connectivity index (χ3v) is 15.1. The predicted octanol–water partition coefficient (Wildman–Crippen LogP) is 2.49. The van der Waals surface area contributed by atoms with Gasteiger partial charge in [-0.15, -0.1) is 0 Å². The summed E-state index contributed by atoms with van der Waals surface area (Å²) < 4.78 is 14.4. The van der Waals surface area contributed by atoms with Crippen molar-refractivity contribution in [2.45, 2.75) is 45.8 Å².